The lowest BCUT2D eigenvalue weighted by atomic mass is 9.63. The zero-order valence-corrected chi connectivity index (χ0v) is 12.7. The molecule has 0 amide bonds. The molecule has 0 atom stereocenters. The maximum Gasteiger partial charge on any atom is 0.224 e. The third-order valence-electron chi connectivity index (χ3n) is 4.14. The van der Waals surface area contributed by atoms with Crippen LogP contribution in [0, 0.1) is 22.7 Å². The predicted octanol–water partition coefficient (Wildman–Crippen LogP) is 5.02. The molecule has 0 heterocycles. The summed E-state index contributed by atoms with van der Waals surface area (Å²) >= 11 is 5.59. The number of carbonyl (C=O) groups excluding carboxylic acids is 1. The van der Waals surface area contributed by atoms with Crippen molar-refractivity contribution < 1.29 is 4.79 Å². The number of hydrogen-bond donors (Lipinski definition) is 0. The summed E-state index contributed by atoms with van der Waals surface area (Å²) in [5, 5.41) is -0.128. The summed E-state index contributed by atoms with van der Waals surface area (Å²) < 4.78 is 0. The minimum Gasteiger partial charge on any atom is -0.281 e. The van der Waals surface area contributed by atoms with Crippen LogP contribution in [0.15, 0.2) is 0 Å². The van der Waals surface area contributed by atoms with E-state index in [1.54, 1.807) is 0 Å². The fraction of sp³-hybridized carbons (Fsp3) is 0.933. The first kappa shape index (κ1) is 15.0. The lowest BCUT2D eigenvalue weighted by molar-refractivity contribution is -0.116. The van der Waals surface area contributed by atoms with Crippen molar-refractivity contribution in [3.63, 3.8) is 0 Å². The first-order valence-electron chi connectivity index (χ1n) is 6.81. The van der Waals surface area contributed by atoms with Gasteiger partial charge >= 0.3 is 0 Å². The van der Waals surface area contributed by atoms with Gasteiger partial charge in [-0.1, -0.05) is 34.6 Å². The number of halogens is 1. The van der Waals surface area contributed by atoms with Gasteiger partial charge in [-0.2, -0.15) is 0 Å². The number of carbonyl (C=O) groups is 1. The van der Waals surface area contributed by atoms with Gasteiger partial charge in [-0.15, -0.1) is 0 Å². The van der Waals surface area contributed by atoms with Crippen LogP contribution < -0.4 is 0 Å². The van der Waals surface area contributed by atoms with Gasteiger partial charge in [0.1, 0.15) is 0 Å². The molecular formula is C15H27ClO. The molecule has 0 saturated heterocycles. The van der Waals surface area contributed by atoms with E-state index in [1.165, 1.54) is 6.42 Å². The zero-order chi connectivity index (χ0) is 13.3. The van der Waals surface area contributed by atoms with Gasteiger partial charge in [0.05, 0.1) is 0 Å². The average molecular weight is 259 g/mol. The van der Waals surface area contributed by atoms with E-state index in [0.717, 1.165) is 31.6 Å². The van der Waals surface area contributed by atoms with Gasteiger partial charge in [0.25, 0.3) is 0 Å². The van der Waals surface area contributed by atoms with E-state index in [-0.39, 0.29) is 11.2 Å². The van der Waals surface area contributed by atoms with Gasteiger partial charge in [-0.25, -0.2) is 0 Å². The second-order valence-electron chi connectivity index (χ2n) is 7.58. The molecule has 0 unspecified atom stereocenters. The van der Waals surface area contributed by atoms with Crippen molar-refractivity contribution in [1.82, 2.24) is 0 Å². The molecule has 2 heteroatoms. The number of hydrogen-bond acceptors (Lipinski definition) is 1. The SMILES string of the molecule is CC(C)(C)CC(C)(C)C1CCC(C(=O)Cl)CC1. The molecule has 0 radical (unpaired) electrons. The monoisotopic (exact) mass is 258 g/mol. The standard InChI is InChI=1S/C15H27ClO/c1-14(2,3)10-15(4,5)12-8-6-11(7-9-12)13(16)17/h11-12H,6-10H2,1-5H3. The van der Waals surface area contributed by atoms with Crippen molar-refractivity contribution in [3.05, 3.63) is 0 Å². The summed E-state index contributed by atoms with van der Waals surface area (Å²) in [6.45, 7) is 11.7. The maximum atomic E-state index is 11.1. The van der Waals surface area contributed by atoms with Crippen molar-refractivity contribution in [1.29, 1.82) is 0 Å². The lowest BCUT2D eigenvalue weighted by Gasteiger charge is -2.42. The van der Waals surface area contributed by atoms with Gasteiger partial charge < -0.3 is 0 Å². The van der Waals surface area contributed by atoms with Crippen molar-refractivity contribution in [3.8, 4) is 0 Å². The molecule has 17 heavy (non-hydrogen) atoms. The molecule has 0 N–H and O–H groups in total. The molecule has 0 aromatic carbocycles. The minimum atomic E-state index is -0.128. The van der Waals surface area contributed by atoms with Gasteiger partial charge in [0.15, 0.2) is 0 Å². The van der Waals surface area contributed by atoms with E-state index in [1.807, 2.05) is 0 Å². The lowest BCUT2D eigenvalue weighted by Crippen LogP contribution is -2.33. The van der Waals surface area contributed by atoms with Crippen LogP contribution in [0.1, 0.15) is 66.7 Å². The molecule has 1 aliphatic rings. The predicted molar refractivity (Wildman–Crippen MR) is 74.2 cm³/mol. The van der Waals surface area contributed by atoms with Crippen LogP contribution in [0.5, 0.6) is 0 Å². The van der Waals surface area contributed by atoms with Crippen LogP contribution in [-0.4, -0.2) is 5.24 Å². The highest BCUT2D eigenvalue weighted by Crippen LogP contribution is 2.46. The fourth-order valence-corrected chi connectivity index (χ4v) is 3.83. The Hall–Kier alpha value is -0.0400. The molecule has 0 aliphatic heterocycles. The first-order valence-corrected chi connectivity index (χ1v) is 7.19. The average Bonchev–Trinajstić information content (AvgIpc) is 2.14. The summed E-state index contributed by atoms with van der Waals surface area (Å²) in [6.07, 6.45) is 5.53. The molecule has 1 aliphatic carbocycles. The van der Waals surface area contributed by atoms with Crippen molar-refractivity contribution in [2.75, 3.05) is 0 Å². The first-order chi connectivity index (χ1) is 7.62. The Morgan fingerprint density at radius 1 is 1.06 bits per heavy atom. The zero-order valence-electron chi connectivity index (χ0n) is 12.0. The van der Waals surface area contributed by atoms with E-state index in [4.69, 9.17) is 11.6 Å². The van der Waals surface area contributed by atoms with Crippen LogP contribution in [0.3, 0.4) is 0 Å². The Labute approximate surface area is 111 Å². The van der Waals surface area contributed by atoms with Crippen molar-refractivity contribution in [2.24, 2.45) is 22.7 Å². The molecule has 1 saturated carbocycles. The summed E-state index contributed by atoms with van der Waals surface area (Å²) in [5.41, 5.74) is 0.751. The van der Waals surface area contributed by atoms with Gasteiger partial charge in [0.2, 0.25) is 5.24 Å². The normalized spacial score (nSPS) is 26.9. The largest absolute Gasteiger partial charge is 0.281 e. The Balaban J connectivity index is 2.55. The third-order valence-corrected chi connectivity index (χ3v) is 4.45. The second kappa shape index (κ2) is 5.30. The Bertz CT molecular complexity index is 267. The smallest absolute Gasteiger partial charge is 0.224 e. The van der Waals surface area contributed by atoms with E-state index in [2.05, 4.69) is 34.6 Å². The fourth-order valence-electron chi connectivity index (χ4n) is 3.61. The molecule has 100 valence electrons. The molecule has 0 spiro atoms. The molecule has 0 aromatic rings. The van der Waals surface area contributed by atoms with E-state index in [9.17, 15) is 4.79 Å². The van der Waals surface area contributed by atoms with Crippen LogP contribution >= 0.6 is 11.6 Å². The molecule has 1 nitrogen and oxygen atoms in total. The van der Waals surface area contributed by atoms with E-state index in [0.29, 0.717) is 10.8 Å². The van der Waals surface area contributed by atoms with Crippen LogP contribution in [0.2, 0.25) is 0 Å². The van der Waals surface area contributed by atoms with Gasteiger partial charge in [-0.05, 0) is 60.5 Å². The summed E-state index contributed by atoms with van der Waals surface area (Å²) in [4.78, 5) is 11.1. The van der Waals surface area contributed by atoms with Crippen molar-refractivity contribution in [2.45, 2.75) is 66.7 Å². The van der Waals surface area contributed by atoms with Crippen LogP contribution in [0.25, 0.3) is 0 Å². The maximum absolute atomic E-state index is 11.1. The third kappa shape index (κ3) is 4.62. The molecule has 0 aromatic heterocycles. The van der Waals surface area contributed by atoms with Crippen LogP contribution in [-0.2, 0) is 4.79 Å². The highest BCUT2D eigenvalue weighted by atomic mass is 35.5. The Morgan fingerprint density at radius 3 is 1.88 bits per heavy atom. The highest BCUT2D eigenvalue weighted by Gasteiger charge is 2.36. The van der Waals surface area contributed by atoms with Crippen molar-refractivity contribution >= 4 is 16.8 Å². The highest BCUT2D eigenvalue weighted by molar-refractivity contribution is 6.63. The molecule has 1 rings (SSSR count). The molecular weight excluding hydrogens is 232 g/mol. The van der Waals surface area contributed by atoms with Gasteiger partial charge in [0, 0.05) is 5.92 Å². The Kier molecular flexibility index (Phi) is 4.68. The van der Waals surface area contributed by atoms with Gasteiger partial charge in [-0.3, -0.25) is 4.79 Å². The summed E-state index contributed by atoms with van der Waals surface area (Å²) in [5.74, 6) is 0.868. The minimum absolute atomic E-state index is 0.123. The summed E-state index contributed by atoms with van der Waals surface area (Å²) in [7, 11) is 0. The second-order valence-corrected chi connectivity index (χ2v) is 7.95. The molecule has 0 bridgehead atoms. The molecule has 1 fully saturated rings. The topological polar surface area (TPSA) is 17.1 Å². The van der Waals surface area contributed by atoms with E-state index >= 15 is 0 Å². The van der Waals surface area contributed by atoms with Crippen LogP contribution in [0.4, 0.5) is 0 Å². The quantitative estimate of drug-likeness (QED) is 0.650. The summed E-state index contributed by atoms with van der Waals surface area (Å²) in [6, 6.07) is 0. The number of rotatable bonds is 3. The Morgan fingerprint density at radius 2 is 1.53 bits per heavy atom. The van der Waals surface area contributed by atoms with E-state index < -0.39 is 0 Å².